The smallest absolute Gasteiger partial charge is 0.250 e. The first kappa shape index (κ1) is 18.6. The summed E-state index contributed by atoms with van der Waals surface area (Å²) in [7, 11) is -0.434. The zero-order chi connectivity index (χ0) is 17.6. The van der Waals surface area contributed by atoms with Crippen molar-refractivity contribution in [2.24, 2.45) is 0 Å². The Morgan fingerprint density at radius 2 is 1.83 bits per heavy atom. The summed E-state index contributed by atoms with van der Waals surface area (Å²) in [5.41, 5.74) is 0. The highest BCUT2D eigenvalue weighted by Crippen LogP contribution is 2.36. The van der Waals surface area contributed by atoms with Crippen LogP contribution in [0.5, 0.6) is 17.2 Å². The van der Waals surface area contributed by atoms with E-state index in [0.29, 0.717) is 21.5 Å². The largest absolute Gasteiger partial charge is 0.493 e. The van der Waals surface area contributed by atoms with E-state index in [2.05, 4.69) is 4.72 Å². The molecule has 0 saturated heterocycles. The molecule has 0 unspecified atom stereocenters. The third-order valence-electron chi connectivity index (χ3n) is 3.27. The Hall–Kier alpha value is -1.77. The minimum absolute atomic E-state index is 0.155. The van der Waals surface area contributed by atoms with Gasteiger partial charge in [0.25, 0.3) is 0 Å². The van der Waals surface area contributed by atoms with E-state index in [0.717, 1.165) is 11.3 Å². The van der Waals surface area contributed by atoms with Gasteiger partial charge in [0.1, 0.15) is 10.8 Å². The predicted octanol–water partition coefficient (Wildman–Crippen LogP) is 2.69. The number of benzene rings is 1. The SMILES string of the molecule is CCc1ccc(S(=O)(=O)NCCOc2cccc(OC)c2OC)s1. The second kappa shape index (κ2) is 8.36. The highest BCUT2D eigenvalue weighted by atomic mass is 32.2. The number of ether oxygens (including phenoxy) is 3. The van der Waals surface area contributed by atoms with Gasteiger partial charge in [0.15, 0.2) is 11.5 Å². The number of hydrogen-bond donors (Lipinski definition) is 1. The molecule has 0 aliphatic rings. The first-order valence-corrected chi connectivity index (χ1v) is 9.74. The molecule has 1 aromatic heterocycles. The van der Waals surface area contributed by atoms with Gasteiger partial charge in [-0.3, -0.25) is 0 Å². The molecule has 8 heteroatoms. The van der Waals surface area contributed by atoms with Gasteiger partial charge in [-0.05, 0) is 30.7 Å². The summed E-state index contributed by atoms with van der Waals surface area (Å²) < 4.78 is 43.3. The summed E-state index contributed by atoms with van der Waals surface area (Å²) in [5, 5.41) is 0. The summed E-state index contributed by atoms with van der Waals surface area (Å²) >= 11 is 1.28. The lowest BCUT2D eigenvalue weighted by molar-refractivity contribution is 0.287. The predicted molar refractivity (Wildman–Crippen MR) is 93.9 cm³/mol. The molecule has 6 nitrogen and oxygen atoms in total. The van der Waals surface area contributed by atoms with E-state index in [4.69, 9.17) is 14.2 Å². The normalized spacial score (nSPS) is 11.3. The van der Waals surface area contributed by atoms with E-state index in [1.807, 2.05) is 13.0 Å². The molecule has 0 spiro atoms. The van der Waals surface area contributed by atoms with Crippen molar-refractivity contribution in [3.63, 3.8) is 0 Å². The number of aryl methyl sites for hydroxylation is 1. The molecule has 1 heterocycles. The van der Waals surface area contributed by atoms with Crippen LogP contribution >= 0.6 is 11.3 Å². The molecule has 0 saturated carbocycles. The lowest BCUT2D eigenvalue weighted by Crippen LogP contribution is -2.27. The molecule has 2 aromatic rings. The molecule has 0 fully saturated rings. The topological polar surface area (TPSA) is 73.9 Å². The van der Waals surface area contributed by atoms with Crippen molar-refractivity contribution in [3.05, 3.63) is 35.2 Å². The van der Waals surface area contributed by atoms with E-state index in [-0.39, 0.29) is 13.2 Å². The zero-order valence-electron chi connectivity index (χ0n) is 13.9. The van der Waals surface area contributed by atoms with Gasteiger partial charge in [-0.15, -0.1) is 11.3 Å². The molecule has 0 aliphatic carbocycles. The van der Waals surface area contributed by atoms with Crippen LogP contribution in [-0.4, -0.2) is 35.8 Å². The van der Waals surface area contributed by atoms with Crippen LogP contribution in [0.25, 0.3) is 0 Å². The Labute approximate surface area is 146 Å². The summed E-state index contributed by atoms with van der Waals surface area (Å²) in [6, 6.07) is 8.73. The number of thiophene rings is 1. The molecule has 0 aliphatic heterocycles. The van der Waals surface area contributed by atoms with Gasteiger partial charge < -0.3 is 14.2 Å². The van der Waals surface area contributed by atoms with Gasteiger partial charge in [-0.2, -0.15) is 0 Å². The molecule has 0 amide bonds. The van der Waals surface area contributed by atoms with E-state index < -0.39 is 10.0 Å². The van der Waals surface area contributed by atoms with Crippen molar-refractivity contribution in [2.75, 3.05) is 27.4 Å². The highest BCUT2D eigenvalue weighted by Gasteiger charge is 2.16. The third-order valence-corrected chi connectivity index (χ3v) is 6.45. The lowest BCUT2D eigenvalue weighted by Gasteiger charge is -2.13. The summed E-state index contributed by atoms with van der Waals surface area (Å²) in [6.07, 6.45) is 0.818. The zero-order valence-corrected chi connectivity index (χ0v) is 15.5. The third kappa shape index (κ3) is 4.40. The average molecular weight is 371 g/mol. The fourth-order valence-corrected chi connectivity index (χ4v) is 4.43. The van der Waals surface area contributed by atoms with E-state index in [1.165, 1.54) is 18.4 Å². The molecule has 1 N–H and O–H groups in total. The quantitative estimate of drug-likeness (QED) is 0.686. The number of methoxy groups -OCH3 is 2. The standard InChI is InChI=1S/C16H21NO5S2/c1-4-12-8-9-15(23-12)24(18,19)17-10-11-22-14-7-5-6-13(20-2)16(14)21-3/h5-9,17H,4,10-11H2,1-3H3. The average Bonchev–Trinajstić information content (AvgIpc) is 3.08. The van der Waals surface area contributed by atoms with Crippen molar-refractivity contribution in [3.8, 4) is 17.2 Å². The Morgan fingerprint density at radius 3 is 2.46 bits per heavy atom. The van der Waals surface area contributed by atoms with Crippen LogP contribution in [0.2, 0.25) is 0 Å². The maximum absolute atomic E-state index is 12.2. The second-order valence-electron chi connectivity index (χ2n) is 4.81. The first-order chi connectivity index (χ1) is 11.5. The fourth-order valence-electron chi connectivity index (χ4n) is 2.07. The van der Waals surface area contributed by atoms with Gasteiger partial charge in [-0.25, -0.2) is 13.1 Å². The first-order valence-electron chi connectivity index (χ1n) is 7.44. The number of para-hydroxylation sites is 1. The minimum atomic E-state index is -3.50. The van der Waals surface area contributed by atoms with Crippen molar-refractivity contribution < 1.29 is 22.6 Å². The minimum Gasteiger partial charge on any atom is -0.493 e. The number of sulfonamides is 1. The summed E-state index contributed by atoms with van der Waals surface area (Å²) in [6.45, 7) is 2.32. The van der Waals surface area contributed by atoms with Gasteiger partial charge in [0.05, 0.1) is 14.2 Å². The monoisotopic (exact) mass is 371 g/mol. The van der Waals surface area contributed by atoms with Gasteiger partial charge >= 0.3 is 0 Å². The van der Waals surface area contributed by atoms with Gasteiger partial charge in [-0.1, -0.05) is 13.0 Å². The van der Waals surface area contributed by atoms with E-state index in [1.54, 1.807) is 31.4 Å². The van der Waals surface area contributed by atoms with Crippen LogP contribution in [0.1, 0.15) is 11.8 Å². The highest BCUT2D eigenvalue weighted by molar-refractivity contribution is 7.91. The molecule has 0 bridgehead atoms. The van der Waals surface area contributed by atoms with Crippen molar-refractivity contribution >= 4 is 21.4 Å². The lowest BCUT2D eigenvalue weighted by atomic mass is 10.3. The number of nitrogens with one attached hydrogen (secondary N) is 1. The van der Waals surface area contributed by atoms with E-state index in [9.17, 15) is 8.42 Å². The van der Waals surface area contributed by atoms with Crippen molar-refractivity contribution in [1.82, 2.24) is 4.72 Å². The molecule has 0 radical (unpaired) electrons. The van der Waals surface area contributed by atoms with Gasteiger partial charge in [0.2, 0.25) is 15.8 Å². The Kier molecular flexibility index (Phi) is 6.47. The van der Waals surface area contributed by atoms with Crippen LogP contribution in [-0.2, 0) is 16.4 Å². The Balaban J connectivity index is 1.93. The van der Waals surface area contributed by atoms with Crippen molar-refractivity contribution in [1.29, 1.82) is 0 Å². The van der Waals surface area contributed by atoms with Crippen LogP contribution in [0.4, 0.5) is 0 Å². The summed E-state index contributed by atoms with van der Waals surface area (Å²) in [4.78, 5) is 1.03. The molecule has 2 rings (SSSR count). The Morgan fingerprint density at radius 1 is 1.08 bits per heavy atom. The molecule has 132 valence electrons. The molecular weight excluding hydrogens is 350 g/mol. The molecule has 1 aromatic carbocycles. The fraction of sp³-hybridized carbons (Fsp3) is 0.375. The maximum Gasteiger partial charge on any atom is 0.250 e. The number of hydrogen-bond acceptors (Lipinski definition) is 6. The maximum atomic E-state index is 12.2. The van der Waals surface area contributed by atoms with Crippen LogP contribution in [0, 0.1) is 0 Å². The van der Waals surface area contributed by atoms with Crippen LogP contribution in [0.15, 0.2) is 34.5 Å². The second-order valence-corrected chi connectivity index (χ2v) is 7.97. The molecule has 24 heavy (non-hydrogen) atoms. The molecular formula is C16H21NO5S2. The number of rotatable bonds is 9. The van der Waals surface area contributed by atoms with Crippen molar-refractivity contribution in [2.45, 2.75) is 17.6 Å². The molecule has 0 atom stereocenters. The summed E-state index contributed by atoms with van der Waals surface area (Å²) in [5.74, 6) is 1.54. The van der Waals surface area contributed by atoms with Gasteiger partial charge in [0, 0.05) is 11.4 Å². The van der Waals surface area contributed by atoms with Crippen LogP contribution < -0.4 is 18.9 Å². The van der Waals surface area contributed by atoms with E-state index >= 15 is 0 Å². The Bertz CT molecular complexity index is 771. The van der Waals surface area contributed by atoms with Crippen LogP contribution in [0.3, 0.4) is 0 Å².